The highest BCUT2D eigenvalue weighted by Gasteiger charge is 2.02. The van der Waals surface area contributed by atoms with E-state index < -0.39 is 0 Å². The number of rotatable bonds is 9. The van der Waals surface area contributed by atoms with Crippen LogP contribution in [0.5, 0.6) is 5.88 Å². The Morgan fingerprint density at radius 3 is 2.83 bits per heavy atom. The van der Waals surface area contributed by atoms with Gasteiger partial charge >= 0.3 is 0 Å². The van der Waals surface area contributed by atoms with Crippen molar-refractivity contribution >= 4 is 5.78 Å². The van der Waals surface area contributed by atoms with Gasteiger partial charge in [-0.05, 0) is 13.0 Å². The van der Waals surface area contributed by atoms with Crippen LogP contribution in [0.15, 0.2) is 18.3 Å². The van der Waals surface area contributed by atoms with Crippen molar-refractivity contribution in [1.82, 2.24) is 4.98 Å². The molecule has 0 aromatic carbocycles. The summed E-state index contributed by atoms with van der Waals surface area (Å²) in [7, 11) is 1.64. The highest BCUT2D eigenvalue weighted by Crippen LogP contribution is 2.09. The Kier molecular flexibility index (Phi) is 6.98. The van der Waals surface area contributed by atoms with Crippen molar-refractivity contribution in [3.8, 4) is 5.88 Å². The minimum absolute atomic E-state index is 0.00477. The van der Waals surface area contributed by atoms with Gasteiger partial charge in [0, 0.05) is 38.0 Å². The van der Waals surface area contributed by atoms with Crippen molar-refractivity contribution in [3.63, 3.8) is 0 Å². The summed E-state index contributed by atoms with van der Waals surface area (Å²) in [4.78, 5) is 15.2. The molecule has 0 aliphatic rings. The van der Waals surface area contributed by atoms with Gasteiger partial charge in [-0.1, -0.05) is 0 Å². The summed E-state index contributed by atoms with van der Waals surface area (Å²) in [6.45, 7) is 3.84. The number of carbonyl (C=O) groups excluding carboxylic acids is 1. The monoisotopic (exact) mass is 253 g/mol. The second kappa shape index (κ2) is 8.60. The summed E-state index contributed by atoms with van der Waals surface area (Å²) in [6.07, 6.45) is 2.34. The lowest BCUT2D eigenvalue weighted by molar-refractivity contribution is 0.0642. The zero-order valence-electron chi connectivity index (χ0n) is 10.8. The lowest BCUT2D eigenvalue weighted by Crippen LogP contribution is -2.07. The number of ketones is 1. The lowest BCUT2D eigenvalue weighted by Gasteiger charge is -2.06. The molecule has 0 saturated carbocycles. The van der Waals surface area contributed by atoms with Crippen LogP contribution in [-0.4, -0.2) is 44.3 Å². The second-order valence-electron chi connectivity index (χ2n) is 3.75. The summed E-state index contributed by atoms with van der Waals surface area (Å²) in [5, 5.41) is 0. The average molecular weight is 253 g/mol. The average Bonchev–Trinajstić information content (AvgIpc) is 2.38. The number of ether oxygens (including phenoxy) is 3. The molecular weight excluding hydrogens is 234 g/mol. The first-order valence-electron chi connectivity index (χ1n) is 5.90. The zero-order valence-corrected chi connectivity index (χ0v) is 10.8. The molecule has 5 heteroatoms. The fraction of sp³-hybridized carbons (Fsp3) is 0.538. The SMILES string of the molecule is COCCOCCCOc1cc(C(C)=O)ccn1. The van der Waals surface area contributed by atoms with E-state index >= 15 is 0 Å². The number of hydrogen-bond donors (Lipinski definition) is 0. The molecule has 0 fully saturated rings. The number of hydrogen-bond acceptors (Lipinski definition) is 5. The molecule has 1 aromatic rings. The summed E-state index contributed by atoms with van der Waals surface area (Å²) < 4.78 is 15.6. The second-order valence-corrected chi connectivity index (χ2v) is 3.75. The zero-order chi connectivity index (χ0) is 13.2. The van der Waals surface area contributed by atoms with Crippen molar-refractivity contribution in [2.75, 3.05) is 33.5 Å². The molecule has 100 valence electrons. The van der Waals surface area contributed by atoms with Crippen LogP contribution in [-0.2, 0) is 9.47 Å². The third-order valence-corrected chi connectivity index (χ3v) is 2.26. The molecule has 18 heavy (non-hydrogen) atoms. The minimum Gasteiger partial charge on any atom is -0.478 e. The number of nitrogens with zero attached hydrogens (tertiary/aromatic N) is 1. The fourth-order valence-electron chi connectivity index (χ4n) is 1.29. The molecule has 0 spiro atoms. The smallest absolute Gasteiger partial charge is 0.213 e. The summed E-state index contributed by atoms with van der Waals surface area (Å²) in [5.41, 5.74) is 0.608. The Bertz CT molecular complexity index is 368. The Morgan fingerprint density at radius 1 is 1.28 bits per heavy atom. The van der Waals surface area contributed by atoms with Gasteiger partial charge in [0.25, 0.3) is 0 Å². The lowest BCUT2D eigenvalue weighted by atomic mass is 10.2. The molecule has 0 atom stereocenters. The summed E-state index contributed by atoms with van der Waals surface area (Å²) in [5.74, 6) is 0.477. The van der Waals surface area contributed by atoms with E-state index in [1.165, 1.54) is 6.92 Å². The molecule has 0 aliphatic heterocycles. The maximum absolute atomic E-state index is 11.2. The van der Waals surface area contributed by atoms with Crippen molar-refractivity contribution in [1.29, 1.82) is 0 Å². The molecule has 1 aromatic heterocycles. The fourth-order valence-corrected chi connectivity index (χ4v) is 1.29. The Hall–Kier alpha value is -1.46. The Morgan fingerprint density at radius 2 is 2.11 bits per heavy atom. The van der Waals surface area contributed by atoms with Gasteiger partial charge in [0.15, 0.2) is 5.78 Å². The van der Waals surface area contributed by atoms with Crippen LogP contribution in [0.1, 0.15) is 23.7 Å². The molecule has 0 aliphatic carbocycles. The van der Waals surface area contributed by atoms with Gasteiger partial charge in [0.1, 0.15) is 0 Å². The molecule has 0 N–H and O–H groups in total. The third-order valence-electron chi connectivity index (χ3n) is 2.26. The van der Waals surface area contributed by atoms with Gasteiger partial charge in [-0.2, -0.15) is 0 Å². The van der Waals surface area contributed by atoms with Gasteiger partial charge in [0.05, 0.1) is 19.8 Å². The number of methoxy groups -OCH3 is 1. The van der Waals surface area contributed by atoms with E-state index in [2.05, 4.69) is 4.98 Å². The minimum atomic E-state index is 0.00477. The van der Waals surface area contributed by atoms with Crippen LogP contribution in [0.3, 0.4) is 0 Å². The molecular formula is C13H19NO4. The number of pyridine rings is 1. The molecule has 0 radical (unpaired) electrons. The first-order valence-corrected chi connectivity index (χ1v) is 5.90. The van der Waals surface area contributed by atoms with Gasteiger partial charge in [0.2, 0.25) is 5.88 Å². The standard InChI is InChI=1S/C13H19NO4/c1-11(15)12-4-5-14-13(10-12)18-7-3-6-17-9-8-16-2/h4-5,10H,3,6-9H2,1-2H3. The Balaban J connectivity index is 2.19. The van der Waals surface area contributed by atoms with Gasteiger partial charge < -0.3 is 14.2 Å². The molecule has 0 saturated heterocycles. The number of carbonyl (C=O) groups is 1. The summed E-state index contributed by atoms with van der Waals surface area (Å²) >= 11 is 0. The van der Waals surface area contributed by atoms with Crippen molar-refractivity contribution in [2.45, 2.75) is 13.3 Å². The van der Waals surface area contributed by atoms with Crippen LogP contribution in [0.4, 0.5) is 0 Å². The highest BCUT2D eigenvalue weighted by molar-refractivity contribution is 5.94. The maximum atomic E-state index is 11.2. The van der Waals surface area contributed by atoms with Gasteiger partial charge in [-0.15, -0.1) is 0 Å². The molecule has 0 bridgehead atoms. The van der Waals surface area contributed by atoms with E-state index in [0.29, 0.717) is 37.9 Å². The predicted molar refractivity (Wildman–Crippen MR) is 67.0 cm³/mol. The van der Waals surface area contributed by atoms with E-state index in [9.17, 15) is 4.79 Å². The largest absolute Gasteiger partial charge is 0.478 e. The molecule has 1 heterocycles. The third kappa shape index (κ3) is 5.75. The van der Waals surface area contributed by atoms with E-state index in [0.717, 1.165) is 6.42 Å². The topological polar surface area (TPSA) is 57.7 Å². The first kappa shape index (κ1) is 14.6. The number of Topliss-reactive ketones (excluding diaryl/α,β-unsaturated/α-hetero) is 1. The van der Waals surface area contributed by atoms with Gasteiger partial charge in [-0.3, -0.25) is 4.79 Å². The van der Waals surface area contributed by atoms with E-state index in [1.807, 2.05) is 0 Å². The summed E-state index contributed by atoms with van der Waals surface area (Å²) in [6, 6.07) is 3.32. The molecule has 0 amide bonds. The number of aromatic nitrogens is 1. The predicted octanol–water partition coefficient (Wildman–Crippen LogP) is 1.72. The van der Waals surface area contributed by atoms with Crippen LogP contribution >= 0.6 is 0 Å². The van der Waals surface area contributed by atoms with Crippen molar-refractivity contribution < 1.29 is 19.0 Å². The maximum Gasteiger partial charge on any atom is 0.213 e. The van der Waals surface area contributed by atoms with E-state index in [-0.39, 0.29) is 5.78 Å². The normalized spacial score (nSPS) is 10.3. The highest BCUT2D eigenvalue weighted by atomic mass is 16.5. The van der Waals surface area contributed by atoms with Gasteiger partial charge in [-0.25, -0.2) is 4.98 Å². The Labute approximate surface area is 107 Å². The van der Waals surface area contributed by atoms with Crippen LogP contribution in [0, 0.1) is 0 Å². The van der Waals surface area contributed by atoms with Crippen LogP contribution in [0.25, 0.3) is 0 Å². The van der Waals surface area contributed by atoms with Crippen LogP contribution in [0.2, 0.25) is 0 Å². The van der Waals surface area contributed by atoms with E-state index in [4.69, 9.17) is 14.2 Å². The van der Waals surface area contributed by atoms with Crippen molar-refractivity contribution in [3.05, 3.63) is 23.9 Å². The molecule has 0 unspecified atom stereocenters. The van der Waals surface area contributed by atoms with Crippen LogP contribution < -0.4 is 4.74 Å². The quantitative estimate of drug-likeness (QED) is 0.495. The van der Waals surface area contributed by atoms with E-state index in [1.54, 1.807) is 25.4 Å². The van der Waals surface area contributed by atoms with Crippen molar-refractivity contribution in [2.24, 2.45) is 0 Å². The molecule has 5 nitrogen and oxygen atoms in total. The first-order chi connectivity index (χ1) is 8.74. The molecule has 1 rings (SSSR count).